The first-order valence-corrected chi connectivity index (χ1v) is 7.50. The van der Waals surface area contributed by atoms with E-state index in [1.165, 1.54) is 0 Å². The van der Waals surface area contributed by atoms with E-state index in [0.29, 0.717) is 6.54 Å². The minimum Gasteiger partial charge on any atom is -0.396 e. The van der Waals surface area contributed by atoms with Gasteiger partial charge in [0, 0.05) is 38.8 Å². The van der Waals surface area contributed by atoms with Gasteiger partial charge in [-0.15, -0.1) is 0 Å². The van der Waals surface area contributed by atoms with Crippen molar-refractivity contribution in [2.24, 2.45) is 0 Å². The van der Waals surface area contributed by atoms with Crippen LogP contribution in [0.25, 0.3) is 0 Å². The lowest BCUT2D eigenvalue weighted by molar-refractivity contribution is -0.123. The molecule has 0 saturated carbocycles. The van der Waals surface area contributed by atoms with E-state index < -0.39 is 0 Å². The first-order chi connectivity index (χ1) is 9.15. The SMILES string of the molecule is CCC(C)NC(=O)CN1CCN(CCCCO)CC1. The summed E-state index contributed by atoms with van der Waals surface area (Å²) in [5, 5.41) is 11.8. The number of carbonyl (C=O) groups is 1. The molecule has 1 amide bonds. The number of unbranched alkanes of at least 4 members (excludes halogenated alkanes) is 1. The molecule has 1 aliphatic rings. The van der Waals surface area contributed by atoms with Crippen LogP contribution in [0.1, 0.15) is 33.1 Å². The van der Waals surface area contributed by atoms with Crippen LogP contribution in [0.3, 0.4) is 0 Å². The van der Waals surface area contributed by atoms with Crippen molar-refractivity contribution in [2.45, 2.75) is 39.2 Å². The quantitative estimate of drug-likeness (QED) is 0.623. The topological polar surface area (TPSA) is 55.8 Å². The van der Waals surface area contributed by atoms with E-state index in [-0.39, 0.29) is 18.6 Å². The first kappa shape index (κ1) is 16.4. The molecule has 1 fully saturated rings. The minimum absolute atomic E-state index is 0.142. The molecule has 1 aliphatic heterocycles. The van der Waals surface area contributed by atoms with Crippen LogP contribution >= 0.6 is 0 Å². The van der Waals surface area contributed by atoms with Gasteiger partial charge in [-0.1, -0.05) is 6.92 Å². The number of rotatable bonds is 8. The molecule has 19 heavy (non-hydrogen) atoms. The molecule has 5 nitrogen and oxygen atoms in total. The van der Waals surface area contributed by atoms with E-state index in [2.05, 4.69) is 22.0 Å². The number of carbonyl (C=O) groups excluding carboxylic acids is 1. The third kappa shape index (κ3) is 6.89. The van der Waals surface area contributed by atoms with Crippen LogP contribution < -0.4 is 5.32 Å². The highest BCUT2D eigenvalue weighted by Gasteiger charge is 2.18. The lowest BCUT2D eigenvalue weighted by Crippen LogP contribution is -2.50. The molecular formula is C14H29N3O2. The van der Waals surface area contributed by atoms with Gasteiger partial charge in [0.05, 0.1) is 6.54 Å². The van der Waals surface area contributed by atoms with Crippen LogP contribution in [0.2, 0.25) is 0 Å². The van der Waals surface area contributed by atoms with Gasteiger partial charge >= 0.3 is 0 Å². The monoisotopic (exact) mass is 271 g/mol. The van der Waals surface area contributed by atoms with Gasteiger partial charge in [-0.3, -0.25) is 9.69 Å². The number of amides is 1. The summed E-state index contributed by atoms with van der Waals surface area (Å²) in [7, 11) is 0. The van der Waals surface area contributed by atoms with Crippen molar-refractivity contribution in [3.05, 3.63) is 0 Å². The lowest BCUT2D eigenvalue weighted by atomic mass is 10.2. The van der Waals surface area contributed by atoms with Crippen LogP contribution in [-0.4, -0.2) is 72.7 Å². The molecule has 0 aliphatic carbocycles. The number of nitrogens with zero attached hydrogens (tertiary/aromatic N) is 2. The third-order valence-electron chi connectivity index (χ3n) is 3.73. The molecule has 0 aromatic rings. The smallest absolute Gasteiger partial charge is 0.234 e. The fraction of sp³-hybridized carbons (Fsp3) is 0.929. The number of nitrogens with one attached hydrogen (secondary N) is 1. The minimum atomic E-state index is 0.142. The fourth-order valence-corrected chi connectivity index (χ4v) is 2.24. The van der Waals surface area contributed by atoms with E-state index in [0.717, 1.165) is 52.0 Å². The zero-order valence-electron chi connectivity index (χ0n) is 12.4. The van der Waals surface area contributed by atoms with Gasteiger partial charge in [-0.25, -0.2) is 0 Å². The van der Waals surface area contributed by atoms with E-state index >= 15 is 0 Å². The molecule has 5 heteroatoms. The first-order valence-electron chi connectivity index (χ1n) is 7.50. The van der Waals surface area contributed by atoms with E-state index in [9.17, 15) is 4.79 Å². The molecular weight excluding hydrogens is 242 g/mol. The van der Waals surface area contributed by atoms with Crippen molar-refractivity contribution in [1.82, 2.24) is 15.1 Å². The molecule has 1 saturated heterocycles. The number of aliphatic hydroxyl groups excluding tert-OH is 1. The zero-order chi connectivity index (χ0) is 14.1. The van der Waals surface area contributed by atoms with Crippen molar-refractivity contribution in [3.8, 4) is 0 Å². The zero-order valence-corrected chi connectivity index (χ0v) is 12.4. The van der Waals surface area contributed by atoms with Crippen LogP contribution in [-0.2, 0) is 4.79 Å². The molecule has 1 atom stereocenters. The van der Waals surface area contributed by atoms with Crippen LogP contribution in [0.5, 0.6) is 0 Å². The lowest BCUT2D eigenvalue weighted by Gasteiger charge is -2.34. The molecule has 112 valence electrons. The summed E-state index contributed by atoms with van der Waals surface area (Å²) in [4.78, 5) is 16.4. The summed E-state index contributed by atoms with van der Waals surface area (Å²) in [6.45, 7) is 9.98. The Bertz CT molecular complexity index is 253. The van der Waals surface area contributed by atoms with Crippen molar-refractivity contribution in [1.29, 1.82) is 0 Å². The van der Waals surface area contributed by atoms with Crippen molar-refractivity contribution < 1.29 is 9.90 Å². The van der Waals surface area contributed by atoms with Gasteiger partial charge in [0.2, 0.25) is 5.91 Å². The van der Waals surface area contributed by atoms with Gasteiger partial charge in [0.15, 0.2) is 0 Å². The van der Waals surface area contributed by atoms with Gasteiger partial charge in [-0.05, 0) is 32.7 Å². The summed E-state index contributed by atoms with van der Waals surface area (Å²) in [5.41, 5.74) is 0. The second kappa shape index (κ2) is 9.28. The molecule has 2 N–H and O–H groups in total. The van der Waals surface area contributed by atoms with Crippen LogP contribution in [0.4, 0.5) is 0 Å². The second-order valence-corrected chi connectivity index (χ2v) is 5.43. The van der Waals surface area contributed by atoms with Gasteiger partial charge in [0.25, 0.3) is 0 Å². The highest BCUT2D eigenvalue weighted by molar-refractivity contribution is 5.78. The average Bonchev–Trinajstić information content (AvgIpc) is 2.40. The number of aliphatic hydroxyl groups is 1. The van der Waals surface area contributed by atoms with Crippen molar-refractivity contribution in [3.63, 3.8) is 0 Å². The Morgan fingerprint density at radius 3 is 2.42 bits per heavy atom. The molecule has 0 aromatic carbocycles. The van der Waals surface area contributed by atoms with Crippen LogP contribution in [0.15, 0.2) is 0 Å². The molecule has 1 heterocycles. The Labute approximate surface area is 117 Å². The number of hydrogen-bond donors (Lipinski definition) is 2. The molecule has 0 aromatic heterocycles. The van der Waals surface area contributed by atoms with Crippen molar-refractivity contribution >= 4 is 5.91 Å². The maximum Gasteiger partial charge on any atom is 0.234 e. The second-order valence-electron chi connectivity index (χ2n) is 5.43. The van der Waals surface area contributed by atoms with Crippen molar-refractivity contribution in [2.75, 3.05) is 45.9 Å². The molecule has 1 unspecified atom stereocenters. The summed E-state index contributed by atoms with van der Waals surface area (Å²) < 4.78 is 0. The predicted molar refractivity (Wildman–Crippen MR) is 77.1 cm³/mol. The normalized spacial score (nSPS) is 19.3. The Morgan fingerprint density at radius 2 is 1.84 bits per heavy atom. The molecule has 1 rings (SSSR count). The third-order valence-corrected chi connectivity index (χ3v) is 3.73. The highest BCUT2D eigenvalue weighted by atomic mass is 16.2. The predicted octanol–water partition coefficient (Wildman–Crippen LogP) is 0.291. The Balaban J connectivity index is 2.14. The maximum atomic E-state index is 11.8. The Kier molecular flexibility index (Phi) is 8.02. The van der Waals surface area contributed by atoms with E-state index in [1.807, 2.05) is 6.92 Å². The van der Waals surface area contributed by atoms with Gasteiger partial charge in [0.1, 0.15) is 0 Å². The van der Waals surface area contributed by atoms with E-state index in [1.54, 1.807) is 0 Å². The summed E-state index contributed by atoms with van der Waals surface area (Å²) in [5.74, 6) is 0.142. The Hall–Kier alpha value is -0.650. The van der Waals surface area contributed by atoms with Gasteiger partial charge < -0.3 is 15.3 Å². The maximum absolute atomic E-state index is 11.8. The number of hydrogen-bond acceptors (Lipinski definition) is 4. The van der Waals surface area contributed by atoms with Crippen LogP contribution in [0, 0.1) is 0 Å². The largest absolute Gasteiger partial charge is 0.396 e. The average molecular weight is 271 g/mol. The Morgan fingerprint density at radius 1 is 1.21 bits per heavy atom. The standard InChI is InChI=1S/C14H29N3O2/c1-3-13(2)15-14(19)12-17-9-7-16(8-10-17)6-4-5-11-18/h13,18H,3-12H2,1-2H3,(H,15,19). The van der Waals surface area contributed by atoms with Gasteiger partial charge in [-0.2, -0.15) is 0 Å². The summed E-state index contributed by atoms with van der Waals surface area (Å²) >= 11 is 0. The molecule has 0 radical (unpaired) electrons. The summed E-state index contributed by atoms with van der Waals surface area (Å²) in [6, 6.07) is 0.271. The molecule has 0 spiro atoms. The molecule has 0 bridgehead atoms. The number of piperazine rings is 1. The summed E-state index contributed by atoms with van der Waals surface area (Å²) in [6.07, 6.45) is 2.92. The van der Waals surface area contributed by atoms with E-state index in [4.69, 9.17) is 5.11 Å². The fourth-order valence-electron chi connectivity index (χ4n) is 2.24. The highest BCUT2D eigenvalue weighted by Crippen LogP contribution is 2.03.